The third kappa shape index (κ3) is 2.21. The van der Waals surface area contributed by atoms with Crippen LogP contribution in [0.4, 0.5) is 0 Å². The lowest BCUT2D eigenvalue weighted by molar-refractivity contribution is 0.423. The molecule has 0 saturated heterocycles. The van der Waals surface area contributed by atoms with Crippen LogP contribution in [0.15, 0.2) is 18.2 Å². The second kappa shape index (κ2) is 4.49. The van der Waals surface area contributed by atoms with Crippen molar-refractivity contribution in [3.8, 4) is 6.07 Å². The molecule has 15 heavy (non-hydrogen) atoms. The molecule has 0 N–H and O–H groups in total. The normalized spacial score (nSPS) is 19.3. The maximum absolute atomic E-state index is 8.83. The maximum atomic E-state index is 8.83. The molecule has 1 aliphatic carbocycles. The van der Waals surface area contributed by atoms with Crippen molar-refractivity contribution in [2.45, 2.75) is 39.0 Å². The van der Waals surface area contributed by atoms with Gasteiger partial charge in [-0.3, -0.25) is 0 Å². The van der Waals surface area contributed by atoms with Gasteiger partial charge in [-0.25, -0.2) is 0 Å². The summed E-state index contributed by atoms with van der Waals surface area (Å²) in [6, 6.07) is 8.38. The first kappa shape index (κ1) is 10.2. The first-order valence-corrected chi connectivity index (χ1v) is 5.85. The fourth-order valence-electron chi connectivity index (χ4n) is 2.55. The predicted octanol–water partition coefficient (Wildman–Crippen LogP) is 3.46. The van der Waals surface area contributed by atoms with Crippen LogP contribution in [0, 0.1) is 17.2 Å². The van der Waals surface area contributed by atoms with E-state index in [0.29, 0.717) is 0 Å². The highest BCUT2D eigenvalue weighted by molar-refractivity contribution is 5.39. The Labute approximate surface area is 91.7 Å². The average molecular weight is 199 g/mol. The van der Waals surface area contributed by atoms with Crippen LogP contribution in [0.2, 0.25) is 0 Å². The van der Waals surface area contributed by atoms with Gasteiger partial charge in [-0.2, -0.15) is 5.26 Å². The average Bonchev–Trinajstić information content (AvgIpc) is 2.29. The topological polar surface area (TPSA) is 23.8 Å². The Kier molecular flexibility index (Phi) is 3.06. The molecule has 2 rings (SSSR count). The Morgan fingerprint density at radius 2 is 2.27 bits per heavy atom. The first-order valence-electron chi connectivity index (χ1n) is 5.85. The number of hydrogen-bond acceptors (Lipinski definition) is 1. The Morgan fingerprint density at radius 1 is 1.40 bits per heavy atom. The van der Waals surface area contributed by atoms with E-state index >= 15 is 0 Å². The SMILES string of the molecule is CCCC1CCc2cc(C#N)ccc2C1. The molecular weight excluding hydrogens is 182 g/mol. The fourth-order valence-corrected chi connectivity index (χ4v) is 2.55. The molecule has 0 spiro atoms. The second-order valence-electron chi connectivity index (χ2n) is 4.49. The number of rotatable bonds is 2. The molecule has 0 saturated carbocycles. The van der Waals surface area contributed by atoms with Crippen molar-refractivity contribution in [1.82, 2.24) is 0 Å². The van der Waals surface area contributed by atoms with Crippen LogP contribution < -0.4 is 0 Å². The molecule has 1 nitrogen and oxygen atoms in total. The summed E-state index contributed by atoms with van der Waals surface area (Å²) in [6.07, 6.45) is 6.32. The summed E-state index contributed by atoms with van der Waals surface area (Å²) in [5.41, 5.74) is 3.68. The van der Waals surface area contributed by atoms with Gasteiger partial charge >= 0.3 is 0 Å². The van der Waals surface area contributed by atoms with Crippen molar-refractivity contribution in [3.63, 3.8) is 0 Å². The van der Waals surface area contributed by atoms with Crippen LogP contribution in [0.5, 0.6) is 0 Å². The largest absolute Gasteiger partial charge is 0.192 e. The number of hydrogen-bond donors (Lipinski definition) is 0. The van der Waals surface area contributed by atoms with Gasteiger partial charge in [0.25, 0.3) is 0 Å². The van der Waals surface area contributed by atoms with Crippen LogP contribution in [-0.2, 0) is 12.8 Å². The fraction of sp³-hybridized carbons (Fsp3) is 0.500. The zero-order chi connectivity index (χ0) is 10.7. The van der Waals surface area contributed by atoms with E-state index in [-0.39, 0.29) is 0 Å². The van der Waals surface area contributed by atoms with Gasteiger partial charge in [0.1, 0.15) is 0 Å². The van der Waals surface area contributed by atoms with Crippen molar-refractivity contribution in [2.24, 2.45) is 5.92 Å². The molecule has 1 heteroatoms. The first-order chi connectivity index (χ1) is 7.33. The molecule has 1 unspecified atom stereocenters. The molecule has 0 aliphatic heterocycles. The van der Waals surface area contributed by atoms with Crippen molar-refractivity contribution in [3.05, 3.63) is 34.9 Å². The zero-order valence-electron chi connectivity index (χ0n) is 9.29. The van der Waals surface area contributed by atoms with Crippen molar-refractivity contribution < 1.29 is 0 Å². The molecule has 0 aromatic heterocycles. The van der Waals surface area contributed by atoms with E-state index in [1.54, 1.807) is 0 Å². The molecule has 1 aromatic rings. The molecule has 0 amide bonds. The van der Waals surface area contributed by atoms with Crippen LogP contribution in [0.25, 0.3) is 0 Å². The number of aryl methyl sites for hydroxylation is 1. The minimum atomic E-state index is 0.808. The van der Waals surface area contributed by atoms with E-state index < -0.39 is 0 Å². The second-order valence-corrected chi connectivity index (χ2v) is 4.49. The smallest absolute Gasteiger partial charge is 0.0991 e. The minimum Gasteiger partial charge on any atom is -0.192 e. The Morgan fingerprint density at radius 3 is 3.00 bits per heavy atom. The standard InChI is InChI=1S/C14H17N/c1-2-3-11-4-6-14-9-12(10-15)5-7-13(14)8-11/h5,7,9,11H,2-4,6,8H2,1H3. The molecule has 0 radical (unpaired) electrons. The lowest BCUT2D eigenvalue weighted by atomic mass is 9.81. The lowest BCUT2D eigenvalue weighted by Gasteiger charge is -2.24. The lowest BCUT2D eigenvalue weighted by Crippen LogP contribution is -2.14. The molecular formula is C14H17N. The Balaban J connectivity index is 2.18. The minimum absolute atomic E-state index is 0.808. The molecule has 1 atom stereocenters. The van der Waals surface area contributed by atoms with Crippen LogP contribution in [0.3, 0.4) is 0 Å². The van der Waals surface area contributed by atoms with Gasteiger partial charge in [-0.1, -0.05) is 25.8 Å². The van der Waals surface area contributed by atoms with Gasteiger partial charge in [0.2, 0.25) is 0 Å². The van der Waals surface area contributed by atoms with Gasteiger partial charge in [-0.15, -0.1) is 0 Å². The zero-order valence-corrected chi connectivity index (χ0v) is 9.29. The Hall–Kier alpha value is -1.29. The van der Waals surface area contributed by atoms with Gasteiger partial charge < -0.3 is 0 Å². The van der Waals surface area contributed by atoms with E-state index in [2.05, 4.69) is 25.1 Å². The number of benzene rings is 1. The van der Waals surface area contributed by atoms with E-state index in [4.69, 9.17) is 5.26 Å². The van der Waals surface area contributed by atoms with E-state index in [9.17, 15) is 0 Å². The van der Waals surface area contributed by atoms with Gasteiger partial charge in [0, 0.05) is 0 Å². The highest BCUT2D eigenvalue weighted by Gasteiger charge is 2.17. The molecule has 1 aliphatic rings. The van der Waals surface area contributed by atoms with Crippen LogP contribution in [0.1, 0.15) is 42.9 Å². The van der Waals surface area contributed by atoms with Gasteiger partial charge in [-0.05, 0) is 48.4 Å². The summed E-state index contributed by atoms with van der Waals surface area (Å²) < 4.78 is 0. The van der Waals surface area contributed by atoms with Crippen LogP contribution in [-0.4, -0.2) is 0 Å². The number of nitriles is 1. The summed E-state index contributed by atoms with van der Waals surface area (Å²) in [5.74, 6) is 0.871. The third-order valence-electron chi connectivity index (χ3n) is 3.36. The number of fused-ring (bicyclic) bond motifs is 1. The monoisotopic (exact) mass is 199 g/mol. The molecule has 0 bridgehead atoms. The Bertz CT molecular complexity index is 387. The molecule has 0 fully saturated rings. The van der Waals surface area contributed by atoms with E-state index in [0.717, 1.165) is 17.9 Å². The number of nitrogens with zero attached hydrogens (tertiary/aromatic N) is 1. The predicted molar refractivity (Wildman–Crippen MR) is 61.6 cm³/mol. The summed E-state index contributed by atoms with van der Waals surface area (Å²) in [6.45, 7) is 2.26. The van der Waals surface area contributed by atoms with Crippen molar-refractivity contribution >= 4 is 0 Å². The quantitative estimate of drug-likeness (QED) is 0.715. The highest BCUT2D eigenvalue weighted by atomic mass is 14.3. The summed E-state index contributed by atoms with van der Waals surface area (Å²) >= 11 is 0. The molecule has 1 aromatic carbocycles. The third-order valence-corrected chi connectivity index (χ3v) is 3.36. The summed E-state index contributed by atoms with van der Waals surface area (Å²) in [4.78, 5) is 0. The van der Waals surface area contributed by atoms with Gasteiger partial charge in [0.15, 0.2) is 0 Å². The maximum Gasteiger partial charge on any atom is 0.0991 e. The van der Waals surface area contributed by atoms with E-state index in [1.165, 1.54) is 36.8 Å². The van der Waals surface area contributed by atoms with Crippen molar-refractivity contribution in [1.29, 1.82) is 5.26 Å². The van der Waals surface area contributed by atoms with E-state index in [1.807, 2.05) is 6.07 Å². The van der Waals surface area contributed by atoms with Crippen LogP contribution >= 0.6 is 0 Å². The summed E-state index contributed by atoms with van der Waals surface area (Å²) in [7, 11) is 0. The molecule has 78 valence electrons. The molecule has 0 heterocycles. The van der Waals surface area contributed by atoms with Crippen molar-refractivity contribution in [2.75, 3.05) is 0 Å². The highest BCUT2D eigenvalue weighted by Crippen LogP contribution is 2.28. The van der Waals surface area contributed by atoms with Gasteiger partial charge in [0.05, 0.1) is 11.6 Å². The summed E-state index contributed by atoms with van der Waals surface area (Å²) in [5, 5.41) is 8.83.